The zero-order valence-corrected chi connectivity index (χ0v) is 30.1. The molecule has 7 heteroatoms. The molecule has 8 aromatic carbocycles. The van der Waals surface area contributed by atoms with Gasteiger partial charge in [-0.05, 0) is 60.2 Å². The van der Waals surface area contributed by atoms with Crippen molar-refractivity contribution in [3.63, 3.8) is 0 Å². The quantitative estimate of drug-likeness (QED) is 0.181. The highest BCUT2D eigenvalue weighted by atomic mass is 19.1. The zero-order chi connectivity index (χ0) is 38.4. The van der Waals surface area contributed by atoms with Gasteiger partial charge in [0.1, 0.15) is 5.69 Å². The van der Waals surface area contributed by atoms with Crippen LogP contribution in [0.25, 0.3) is 93.6 Å². The van der Waals surface area contributed by atoms with E-state index in [-0.39, 0.29) is 33.8 Å². The van der Waals surface area contributed by atoms with E-state index in [4.69, 9.17) is 0 Å². The van der Waals surface area contributed by atoms with E-state index in [2.05, 4.69) is 12.1 Å². The second-order valence-corrected chi connectivity index (χ2v) is 14.2. The summed E-state index contributed by atoms with van der Waals surface area (Å²) in [4.78, 5) is 0. The van der Waals surface area contributed by atoms with Gasteiger partial charge in [0.15, 0.2) is 11.6 Å². The van der Waals surface area contributed by atoms with Gasteiger partial charge in [-0.1, -0.05) is 109 Å². The van der Waals surface area contributed by atoms with Crippen molar-refractivity contribution in [1.29, 1.82) is 10.5 Å². The average Bonchev–Trinajstić information content (AvgIpc) is 3.90. The standard InChI is InChI=1S/C50H27F2N5/c51-46-48(55-39-19-7-1-13-33(39)34-14-2-8-20-40(34)55)45(32-26-30(28-53)25-31(27-32)29-54)49(56-41-21-9-3-15-35(41)36-16-4-10-22-42(36)56)47(52)50(46)57-43-23-11-5-17-37(43)38-18-6-12-24-44(38)57/h1-27H. The highest BCUT2D eigenvalue weighted by Gasteiger charge is 2.33. The second-order valence-electron chi connectivity index (χ2n) is 14.2. The van der Waals surface area contributed by atoms with Crippen LogP contribution in [0.1, 0.15) is 11.1 Å². The zero-order valence-electron chi connectivity index (χ0n) is 30.1. The van der Waals surface area contributed by atoms with Gasteiger partial charge in [-0.15, -0.1) is 0 Å². The average molecular weight is 736 g/mol. The normalized spacial score (nSPS) is 11.6. The maximum absolute atomic E-state index is 18.9. The fraction of sp³-hybridized carbons (Fsp3) is 0. The highest BCUT2D eigenvalue weighted by molar-refractivity contribution is 6.13. The van der Waals surface area contributed by atoms with Crippen molar-refractivity contribution in [2.75, 3.05) is 0 Å². The Bertz CT molecular complexity index is 3260. The number of nitriles is 2. The van der Waals surface area contributed by atoms with Gasteiger partial charge in [-0.25, -0.2) is 8.78 Å². The number of hydrogen-bond donors (Lipinski definition) is 0. The number of halogens is 2. The monoisotopic (exact) mass is 735 g/mol. The minimum Gasteiger partial charge on any atom is -0.306 e. The molecule has 3 heterocycles. The highest BCUT2D eigenvalue weighted by Crippen LogP contribution is 2.48. The number of hydrogen-bond acceptors (Lipinski definition) is 2. The van der Waals surface area contributed by atoms with Crippen LogP contribution in [-0.2, 0) is 0 Å². The fourth-order valence-electron chi connectivity index (χ4n) is 8.93. The van der Waals surface area contributed by atoms with Gasteiger partial charge in [0.05, 0.1) is 67.7 Å². The first-order valence-corrected chi connectivity index (χ1v) is 18.5. The predicted molar refractivity (Wildman–Crippen MR) is 224 cm³/mol. The molecule has 57 heavy (non-hydrogen) atoms. The lowest BCUT2D eigenvalue weighted by atomic mass is 9.95. The van der Waals surface area contributed by atoms with Crippen molar-refractivity contribution in [3.05, 3.63) is 187 Å². The van der Waals surface area contributed by atoms with Crippen LogP contribution in [0.5, 0.6) is 0 Å². The molecule has 0 amide bonds. The van der Waals surface area contributed by atoms with Crippen molar-refractivity contribution in [3.8, 4) is 40.3 Å². The van der Waals surface area contributed by atoms with Crippen LogP contribution >= 0.6 is 0 Å². The molecule has 0 radical (unpaired) electrons. The van der Waals surface area contributed by atoms with E-state index in [1.165, 1.54) is 6.07 Å². The van der Waals surface area contributed by atoms with E-state index in [9.17, 15) is 10.5 Å². The van der Waals surface area contributed by atoms with E-state index in [1.807, 2.05) is 155 Å². The van der Waals surface area contributed by atoms with Crippen LogP contribution in [0.4, 0.5) is 8.78 Å². The first kappa shape index (κ1) is 32.4. The second kappa shape index (κ2) is 12.3. The third-order valence-corrected chi connectivity index (χ3v) is 11.2. The molecular formula is C50H27F2N5. The Morgan fingerprint density at radius 3 is 0.895 bits per heavy atom. The Balaban J connectivity index is 1.46. The van der Waals surface area contributed by atoms with Crippen molar-refractivity contribution in [2.45, 2.75) is 0 Å². The van der Waals surface area contributed by atoms with Gasteiger partial charge in [0.2, 0.25) is 0 Å². The van der Waals surface area contributed by atoms with Crippen LogP contribution in [0.3, 0.4) is 0 Å². The summed E-state index contributed by atoms with van der Waals surface area (Å²) in [6, 6.07) is 55.6. The summed E-state index contributed by atoms with van der Waals surface area (Å²) in [6.07, 6.45) is 0. The van der Waals surface area contributed by atoms with E-state index in [0.29, 0.717) is 38.7 Å². The van der Waals surface area contributed by atoms with Gasteiger partial charge in [-0.2, -0.15) is 10.5 Å². The summed E-state index contributed by atoms with van der Waals surface area (Å²) in [6.45, 7) is 0. The van der Waals surface area contributed by atoms with E-state index < -0.39 is 11.6 Å². The smallest absolute Gasteiger partial charge is 0.174 e. The van der Waals surface area contributed by atoms with E-state index in [0.717, 1.165) is 32.3 Å². The van der Waals surface area contributed by atoms with Crippen molar-refractivity contribution in [1.82, 2.24) is 13.7 Å². The van der Waals surface area contributed by atoms with Gasteiger partial charge >= 0.3 is 0 Å². The predicted octanol–water partition coefficient (Wildman–Crippen LogP) is 12.7. The van der Waals surface area contributed by atoms with E-state index >= 15 is 8.78 Å². The summed E-state index contributed by atoms with van der Waals surface area (Å²) in [5.74, 6) is -1.60. The van der Waals surface area contributed by atoms with Crippen LogP contribution < -0.4 is 0 Å². The van der Waals surface area contributed by atoms with E-state index in [1.54, 1.807) is 16.7 Å². The molecule has 5 nitrogen and oxygen atoms in total. The maximum atomic E-state index is 18.9. The van der Waals surface area contributed by atoms with Crippen molar-refractivity contribution in [2.24, 2.45) is 0 Å². The molecule has 0 fully saturated rings. The molecule has 0 atom stereocenters. The van der Waals surface area contributed by atoms with Crippen LogP contribution in [-0.4, -0.2) is 13.7 Å². The number of nitrogens with zero attached hydrogens (tertiary/aromatic N) is 5. The molecule has 0 spiro atoms. The van der Waals surface area contributed by atoms with Crippen LogP contribution in [0.15, 0.2) is 164 Å². The Hall–Kier alpha value is -8.00. The first-order valence-electron chi connectivity index (χ1n) is 18.5. The topological polar surface area (TPSA) is 62.4 Å². The number of benzene rings is 8. The third kappa shape index (κ3) is 4.51. The lowest BCUT2D eigenvalue weighted by molar-refractivity contribution is 0.567. The Labute approximate surface area is 324 Å². The lowest BCUT2D eigenvalue weighted by Gasteiger charge is -2.25. The molecule has 0 N–H and O–H groups in total. The van der Waals surface area contributed by atoms with Crippen molar-refractivity contribution >= 4 is 65.4 Å². The molecule has 0 saturated heterocycles. The number of para-hydroxylation sites is 6. The SMILES string of the molecule is N#Cc1cc(C#N)cc(-c2c(-n3c4ccccc4c4ccccc43)c(F)c(-n3c4ccccc4c4ccccc43)c(F)c2-n2c3ccccc3c3ccccc32)c1. The third-order valence-electron chi connectivity index (χ3n) is 11.2. The Kier molecular flexibility index (Phi) is 6.98. The van der Waals surface area contributed by atoms with Crippen molar-refractivity contribution < 1.29 is 8.78 Å². The summed E-state index contributed by atoms with van der Waals surface area (Å²) >= 11 is 0. The molecule has 11 rings (SSSR count). The minimum absolute atomic E-state index is 0.0847. The summed E-state index contributed by atoms with van der Waals surface area (Å²) < 4.78 is 43.3. The molecule has 0 aliphatic heterocycles. The largest absolute Gasteiger partial charge is 0.306 e. The number of aromatic nitrogens is 3. The minimum atomic E-state index is -0.800. The van der Waals surface area contributed by atoms with Gasteiger partial charge in [-0.3, -0.25) is 0 Å². The first-order chi connectivity index (χ1) is 28.1. The van der Waals surface area contributed by atoms with Gasteiger partial charge < -0.3 is 13.7 Å². The fourth-order valence-corrected chi connectivity index (χ4v) is 8.93. The lowest BCUT2D eigenvalue weighted by Crippen LogP contribution is -2.14. The number of fused-ring (bicyclic) bond motifs is 9. The summed E-state index contributed by atoms with van der Waals surface area (Å²) in [7, 11) is 0. The molecule has 0 bridgehead atoms. The molecule has 0 aliphatic rings. The molecule has 0 saturated carbocycles. The Morgan fingerprint density at radius 2 is 0.614 bits per heavy atom. The number of rotatable bonds is 4. The molecular weight excluding hydrogens is 709 g/mol. The van der Waals surface area contributed by atoms with Crippen LogP contribution in [0, 0.1) is 34.3 Å². The molecule has 0 aliphatic carbocycles. The molecule has 0 unspecified atom stereocenters. The molecule has 11 aromatic rings. The van der Waals surface area contributed by atoms with Gasteiger partial charge in [0, 0.05) is 37.9 Å². The van der Waals surface area contributed by atoms with Crippen LogP contribution in [0.2, 0.25) is 0 Å². The van der Waals surface area contributed by atoms with Gasteiger partial charge in [0.25, 0.3) is 0 Å². The Morgan fingerprint density at radius 1 is 0.351 bits per heavy atom. The summed E-state index contributed by atoms with van der Waals surface area (Å²) in [5.41, 5.74) is 4.96. The molecule has 266 valence electrons. The summed E-state index contributed by atoms with van der Waals surface area (Å²) in [5, 5.41) is 25.8. The maximum Gasteiger partial charge on any atom is 0.174 e. The molecule has 3 aromatic heterocycles.